The van der Waals surface area contributed by atoms with E-state index >= 15 is 0 Å². The Morgan fingerprint density at radius 2 is 1.94 bits per heavy atom. The molecule has 32 heavy (non-hydrogen) atoms. The fourth-order valence-electron chi connectivity index (χ4n) is 3.17. The first-order chi connectivity index (χ1) is 15.5. The number of rotatable bonds is 6. The van der Waals surface area contributed by atoms with Crippen LogP contribution in [-0.2, 0) is 9.53 Å². The van der Waals surface area contributed by atoms with Crippen LogP contribution in [0.1, 0.15) is 22.5 Å². The molecular formula is C22H20F2N4O4. The molecule has 166 valence electrons. The molecule has 0 spiro atoms. The van der Waals surface area contributed by atoms with E-state index in [2.05, 4.69) is 15.3 Å². The number of hydrogen-bond donors (Lipinski definition) is 1. The number of amides is 2. The zero-order valence-corrected chi connectivity index (χ0v) is 17.0. The Hall–Kier alpha value is -3.66. The van der Waals surface area contributed by atoms with Crippen LogP contribution in [0.2, 0.25) is 0 Å². The SMILES string of the molecule is O=C(NCC(=O)N1CCOCC1)c1ccc2cc(Oc3ccc(C(F)F)cn3)ccc2n1. The van der Waals surface area contributed by atoms with Crippen LogP contribution in [0.4, 0.5) is 8.78 Å². The van der Waals surface area contributed by atoms with Crippen molar-refractivity contribution in [1.82, 2.24) is 20.2 Å². The smallest absolute Gasteiger partial charge is 0.270 e. The van der Waals surface area contributed by atoms with E-state index in [0.717, 1.165) is 6.20 Å². The number of nitrogens with one attached hydrogen (secondary N) is 1. The Labute approximate surface area is 182 Å². The normalized spacial score (nSPS) is 13.9. The molecule has 1 aromatic carbocycles. The third-order valence-electron chi connectivity index (χ3n) is 4.89. The van der Waals surface area contributed by atoms with Gasteiger partial charge in [0, 0.05) is 36.3 Å². The van der Waals surface area contributed by atoms with Crippen molar-refractivity contribution in [2.75, 3.05) is 32.8 Å². The van der Waals surface area contributed by atoms with Crippen LogP contribution in [0.15, 0.2) is 48.7 Å². The van der Waals surface area contributed by atoms with Crippen molar-refractivity contribution in [3.05, 3.63) is 59.9 Å². The molecule has 4 rings (SSSR count). The van der Waals surface area contributed by atoms with Gasteiger partial charge in [0.2, 0.25) is 11.8 Å². The minimum Gasteiger partial charge on any atom is -0.439 e. The molecule has 1 saturated heterocycles. The van der Waals surface area contributed by atoms with E-state index < -0.39 is 12.3 Å². The summed E-state index contributed by atoms with van der Waals surface area (Å²) in [5.74, 6) is 0.0177. The second kappa shape index (κ2) is 9.65. The average Bonchev–Trinajstić information content (AvgIpc) is 2.83. The monoisotopic (exact) mass is 442 g/mol. The van der Waals surface area contributed by atoms with Crippen molar-refractivity contribution >= 4 is 22.7 Å². The topological polar surface area (TPSA) is 93.7 Å². The molecule has 8 nitrogen and oxygen atoms in total. The first kappa shape index (κ1) is 21.6. The van der Waals surface area contributed by atoms with Crippen molar-refractivity contribution in [3.63, 3.8) is 0 Å². The molecular weight excluding hydrogens is 422 g/mol. The average molecular weight is 442 g/mol. The Morgan fingerprint density at radius 3 is 2.66 bits per heavy atom. The predicted octanol–water partition coefficient (Wildman–Crippen LogP) is 2.95. The quantitative estimate of drug-likeness (QED) is 0.631. The summed E-state index contributed by atoms with van der Waals surface area (Å²) < 4.78 is 36.1. The standard InChI is InChI=1S/C22H20F2N4O4/c23-21(24)15-2-6-19(25-12-15)32-16-3-5-17-14(11-16)1-4-18(27-17)22(30)26-13-20(29)28-7-9-31-10-8-28/h1-6,11-12,21H,7-10,13H2,(H,26,30). The minimum atomic E-state index is -2.59. The zero-order chi connectivity index (χ0) is 22.5. The van der Waals surface area contributed by atoms with Crippen molar-refractivity contribution in [2.45, 2.75) is 6.43 Å². The summed E-state index contributed by atoms with van der Waals surface area (Å²) in [6.07, 6.45) is -1.52. The van der Waals surface area contributed by atoms with Crippen LogP contribution in [0.25, 0.3) is 10.9 Å². The first-order valence-corrected chi connectivity index (χ1v) is 9.96. The van der Waals surface area contributed by atoms with Gasteiger partial charge in [-0.1, -0.05) is 6.07 Å². The number of carbonyl (C=O) groups excluding carboxylic acids is 2. The fourth-order valence-corrected chi connectivity index (χ4v) is 3.17. The molecule has 0 aliphatic carbocycles. The van der Waals surface area contributed by atoms with E-state index in [-0.39, 0.29) is 29.6 Å². The highest BCUT2D eigenvalue weighted by molar-refractivity contribution is 5.97. The molecule has 2 amide bonds. The summed E-state index contributed by atoms with van der Waals surface area (Å²) in [7, 11) is 0. The number of hydrogen-bond acceptors (Lipinski definition) is 6. The third-order valence-corrected chi connectivity index (χ3v) is 4.89. The largest absolute Gasteiger partial charge is 0.439 e. The number of morpholine rings is 1. The van der Waals surface area contributed by atoms with E-state index in [1.807, 2.05) is 0 Å². The molecule has 1 aliphatic heterocycles. The van der Waals surface area contributed by atoms with Gasteiger partial charge >= 0.3 is 0 Å². The maximum Gasteiger partial charge on any atom is 0.270 e. The molecule has 0 unspecified atom stereocenters. The lowest BCUT2D eigenvalue weighted by Gasteiger charge is -2.26. The van der Waals surface area contributed by atoms with Crippen LogP contribution in [-0.4, -0.2) is 59.5 Å². The van der Waals surface area contributed by atoms with Crippen molar-refractivity contribution in [1.29, 1.82) is 0 Å². The number of ether oxygens (including phenoxy) is 2. The summed E-state index contributed by atoms with van der Waals surface area (Å²) in [4.78, 5) is 34.4. The Kier molecular flexibility index (Phi) is 6.50. The lowest BCUT2D eigenvalue weighted by Crippen LogP contribution is -2.45. The third kappa shape index (κ3) is 5.14. The molecule has 2 aromatic heterocycles. The van der Waals surface area contributed by atoms with Gasteiger partial charge in [-0.2, -0.15) is 0 Å². The van der Waals surface area contributed by atoms with Crippen molar-refractivity contribution in [3.8, 4) is 11.6 Å². The Balaban J connectivity index is 1.39. The van der Waals surface area contributed by atoms with Gasteiger partial charge in [0.15, 0.2) is 0 Å². The van der Waals surface area contributed by atoms with Crippen LogP contribution in [0.3, 0.4) is 0 Å². The Bertz CT molecular complexity index is 1120. The maximum atomic E-state index is 12.6. The summed E-state index contributed by atoms with van der Waals surface area (Å²) in [6.45, 7) is 1.91. The van der Waals surface area contributed by atoms with Crippen LogP contribution in [0, 0.1) is 0 Å². The van der Waals surface area contributed by atoms with E-state index in [1.165, 1.54) is 12.1 Å². The lowest BCUT2D eigenvalue weighted by molar-refractivity contribution is -0.134. The van der Waals surface area contributed by atoms with Crippen LogP contribution in [0.5, 0.6) is 11.6 Å². The molecule has 0 bridgehead atoms. The van der Waals surface area contributed by atoms with Gasteiger partial charge in [0.25, 0.3) is 12.3 Å². The predicted molar refractivity (Wildman–Crippen MR) is 111 cm³/mol. The number of fused-ring (bicyclic) bond motifs is 1. The molecule has 1 aliphatic rings. The van der Waals surface area contributed by atoms with Gasteiger partial charge in [-0.25, -0.2) is 18.7 Å². The molecule has 0 saturated carbocycles. The highest BCUT2D eigenvalue weighted by Gasteiger charge is 2.18. The van der Waals surface area contributed by atoms with E-state index in [1.54, 1.807) is 35.2 Å². The number of nitrogens with zero attached hydrogens (tertiary/aromatic N) is 3. The van der Waals surface area contributed by atoms with Crippen LogP contribution < -0.4 is 10.1 Å². The Morgan fingerprint density at radius 1 is 1.12 bits per heavy atom. The van der Waals surface area contributed by atoms with Gasteiger partial charge < -0.3 is 19.7 Å². The van der Waals surface area contributed by atoms with Crippen molar-refractivity contribution < 1.29 is 27.8 Å². The van der Waals surface area contributed by atoms with Gasteiger partial charge in [-0.05, 0) is 30.3 Å². The molecule has 1 N–H and O–H groups in total. The number of benzene rings is 1. The van der Waals surface area contributed by atoms with Gasteiger partial charge in [-0.3, -0.25) is 9.59 Å². The second-order valence-electron chi connectivity index (χ2n) is 7.06. The van der Waals surface area contributed by atoms with Gasteiger partial charge in [0.05, 0.1) is 25.3 Å². The molecule has 3 aromatic rings. The minimum absolute atomic E-state index is 0.108. The van der Waals surface area contributed by atoms with Gasteiger partial charge in [-0.15, -0.1) is 0 Å². The highest BCUT2D eigenvalue weighted by atomic mass is 19.3. The number of pyridine rings is 2. The van der Waals surface area contributed by atoms with E-state index in [4.69, 9.17) is 9.47 Å². The molecule has 10 heteroatoms. The summed E-state index contributed by atoms with van der Waals surface area (Å²) in [6, 6.07) is 10.9. The lowest BCUT2D eigenvalue weighted by atomic mass is 10.2. The number of alkyl halides is 2. The fraction of sp³-hybridized carbons (Fsp3) is 0.273. The summed E-state index contributed by atoms with van der Waals surface area (Å²) >= 11 is 0. The first-order valence-electron chi connectivity index (χ1n) is 9.96. The zero-order valence-electron chi connectivity index (χ0n) is 17.0. The second-order valence-corrected chi connectivity index (χ2v) is 7.06. The molecule has 0 radical (unpaired) electrons. The van der Waals surface area contributed by atoms with E-state index in [0.29, 0.717) is 43.0 Å². The summed E-state index contributed by atoms with van der Waals surface area (Å²) in [5.41, 5.74) is 0.563. The van der Waals surface area contributed by atoms with E-state index in [9.17, 15) is 18.4 Å². The molecule has 3 heterocycles. The highest BCUT2D eigenvalue weighted by Crippen LogP contribution is 2.25. The molecule has 0 atom stereocenters. The summed E-state index contributed by atoms with van der Waals surface area (Å²) in [5, 5.41) is 3.31. The van der Waals surface area contributed by atoms with Gasteiger partial charge in [0.1, 0.15) is 11.4 Å². The van der Waals surface area contributed by atoms with Crippen LogP contribution >= 0.6 is 0 Å². The number of halogens is 2. The number of carbonyl (C=O) groups is 2. The maximum absolute atomic E-state index is 12.6. The van der Waals surface area contributed by atoms with Crippen molar-refractivity contribution in [2.24, 2.45) is 0 Å². The molecule has 1 fully saturated rings. The number of aromatic nitrogens is 2.